The van der Waals surface area contributed by atoms with E-state index in [0.717, 1.165) is 0 Å². The van der Waals surface area contributed by atoms with Crippen LogP contribution in [0.5, 0.6) is 0 Å². The topological polar surface area (TPSA) is 18.5 Å². The van der Waals surface area contributed by atoms with Crippen molar-refractivity contribution in [3.8, 4) is 0 Å². The van der Waals surface area contributed by atoms with Crippen LogP contribution in [0, 0.1) is 0 Å². The van der Waals surface area contributed by atoms with Crippen molar-refractivity contribution in [1.82, 2.24) is 0 Å². The van der Waals surface area contributed by atoms with E-state index in [9.17, 15) is 0 Å². The van der Waals surface area contributed by atoms with Gasteiger partial charge in [-0.3, -0.25) is 0 Å². The third kappa shape index (κ3) is 7.88. The molecule has 0 aromatic carbocycles. The molecule has 0 aromatic rings. The predicted octanol–water partition coefficient (Wildman–Crippen LogP) is 4.36. The fourth-order valence-electron chi connectivity index (χ4n) is 2.16. The number of rotatable bonds is 6. The zero-order valence-corrected chi connectivity index (χ0v) is 15.6. The molecule has 0 atom stereocenters. The molecule has 0 N–H and O–H groups in total. The van der Waals surface area contributed by atoms with Crippen LogP contribution in [0.1, 0.15) is 13.8 Å². The van der Waals surface area contributed by atoms with Gasteiger partial charge in [-0.15, -0.1) is 0 Å². The van der Waals surface area contributed by atoms with Gasteiger partial charge in [-0.25, -0.2) is 0 Å². The third-order valence-corrected chi connectivity index (χ3v) is 12.6. The number of allylic oxidation sites excluding steroid dienone is 2. The van der Waals surface area contributed by atoms with Crippen molar-refractivity contribution < 1.29 is 8.23 Å². The molecule has 0 bridgehead atoms. The largest absolute Gasteiger partial charge is 0.433 e. The lowest BCUT2D eigenvalue weighted by Crippen LogP contribution is -2.51. The van der Waals surface area contributed by atoms with Gasteiger partial charge in [-0.05, 0) is 53.1 Å². The van der Waals surface area contributed by atoms with E-state index >= 15 is 0 Å². The van der Waals surface area contributed by atoms with Crippen molar-refractivity contribution in [1.29, 1.82) is 0 Å². The van der Waals surface area contributed by atoms with Gasteiger partial charge >= 0.3 is 8.56 Å². The lowest BCUT2D eigenvalue weighted by atomic mass is 10.8. The molecule has 0 aliphatic carbocycles. The Morgan fingerprint density at radius 1 is 0.647 bits per heavy atom. The lowest BCUT2D eigenvalue weighted by molar-refractivity contribution is 0.400. The number of hydrogen-bond donors (Lipinski definition) is 0. The Labute approximate surface area is 110 Å². The molecule has 100 valence electrons. The van der Waals surface area contributed by atoms with Crippen molar-refractivity contribution >= 4 is 25.2 Å². The van der Waals surface area contributed by atoms with Gasteiger partial charge in [0.05, 0.1) is 0 Å². The summed E-state index contributed by atoms with van der Waals surface area (Å²) >= 11 is 0. The van der Waals surface area contributed by atoms with E-state index in [-0.39, 0.29) is 0 Å². The fourth-order valence-corrected chi connectivity index (χ4v) is 15.0. The zero-order chi connectivity index (χ0) is 13.7. The van der Waals surface area contributed by atoms with Crippen LogP contribution in [0.3, 0.4) is 0 Å². The van der Waals surface area contributed by atoms with E-state index in [1.807, 2.05) is 13.8 Å². The van der Waals surface area contributed by atoms with E-state index in [2.05, 4.69) is 62.8 Å². The molecule has 0 aliphatic rings. The molecule has 0 amide bonds. The molecule has 0 aromatic heterocycles. The van der Waals surface area contributed by atoms with Gasteiger partial charge in [0.1, 0.15) is 0 Å². The molecule has 2 nitrogen and oxygen atoms in total. The Kier molecular flexibility index (Phi) is 6.30. The second-order valence-electron chi connectivity index (χ2n) is 5.81. The zero-order valence-electron chi connectivity index (χ0n) is 12.6. The molecule has 5 heteroatoms. The molecule has 0 rings (SSSR count). The molecule has 0 saturated carbocycles. The van der Waals surface area contributed by atoms with Crippen molar-refractivity contribution in [2.75, 3.05) is 0 Å². The molecule has 17 heavy (non-hydrogen) atoms. The van der Waals surface area contributed by atoms with Gasteiger partial charge in [0.25, 0.3) is 0 Å². The van der Waals surface area contributed by atoms with Crippen LogP contribution in [-0.4, -0.2) is 25.2 Å². The minimum Gasteiger partial charge on any atom is -0.433 e. The Hall–Kier alpha value is 0.0506. The SMILES string of the molecule is C/C=C/[Si](C)(C)O[Si](C)(C)O[Si](C)(C)/C=C/C. The summed E-state index contributed by atoms with van der Waals surface area (Å²) in [4.78, 5) is 0. The van der Waals surface area contributed by atoms with Crippen LogP contribution < -0.4 is 0 Å². The summed E-state index contributed by atoms with van der Waals surface area (Å²) < 4.78 is 12.6. The monoisotopic (exact) mass is 288 g/mol. The van der Waals surface area contributed by atoms with Crippen molar-refractivity contribution in [3.05, 3.63) is 23.6 Å². The lowest BCUT2D eigenvalue weighted by Gasteiger charge is -2.36. The van der Waals surface area contributed by atoms with Crippen molar-refractivity contribution in [3.63, 3.8) is 0 Å². The average molecular weight is 289 g/mol. The molecule has 0 fully saturated rings. The van der Waals surface area contributed by atoms with Crippen LogP contribution in [0.15, 0.2) is 23.6 Å². The maximum Gasteiger partial charge on any atom is 0.311 e. The smallest absolute Gasteiger partial charge is 0.311 e. The molecule has 0 unspecified atom stereocenters. The van der Waals surface area contributed by atoms with E-state index in [0.29, 0.717) is 0 Å². The van der Waals surface area contributed by atoms with Gasteiger partial charge in [-0.2, -0.15) is 0 Å². The van der Waals surface area contributed by atoms with Gasteiger partial charge < -0.3 is 8.23 Å². The summed E-state index contributed by atoms with van der Waals surface area (Å²) in [5.74, 6) is 0. The molecule has 0 heterocycles. The van der Waals surface area contributed by atoms with E-state index < -0.39 is 25.2 Å². The summed E-state index contributed by atoms with van der Waals surface area (Å²) in [5, 5.41) is 0. The molecule has 0 spiro atoms. The van der Waals surface area contributed by atoms with E-state index in [1.165, 1.54) is 0 Å². The van der Waals surface area contributed by atoms with Gasteiger partial charge in [0, 0.05) is 0 Å². The van der Waals surface area contributed by atoms with Gasteiger partial charge in [0.15, 0.2) is 16.6 Å². The maximum absolute atomic E-state index is 6.32. The third-order valence-electron chi connectivity index (χ3n) is 2.15. The van der Waals surface area contributed by atoms with E-state index in [1.54, 1.807) is 0 Å². The van der Waals surface area contributed by atoms with E-state index in [4.69, 9.17) is 8.23 Å². The Bertz CT molecular complexity index is 266. The van der Waals surface area contributed by atoms with Gasteiger partial charge in [0.2, 0.25) is 0 Å². The summed E-state index contributed by atoms with van der Waals surface area (Å²) in [5.41, 5.74) is 4.44. The van der Waals surface area contributed by atoms with Crippen LogP contribution in [0.2, 0.25) is 39.3 Å². The van der Waals surface area contributed by atoms with Crippen molar-refractivity contribution in [2.45, 2.75) is 53.1 Å². The number of hydrogen-bond acceptors (Lipinski definition) is 2. The standard InChI is InChI=1S/C12H28O2Si3/c1-9-11-15(3,4)13-17(7,8)14-16(5,6)12-10-2/h9-12H,1-8H3/b11-9+,12-10+. The first-order valence-electron chi connectivity index (χ1n) is 6.22. The van der Waals surface area contributed by atoms with Crippen LogP contribution in [-0.2, 0) is 8.23 Å². The highest BCUT2D eigenvalue weighted by atomic mass is 28.5. The summed E-state index contributed by atoms with van der Waals surface area (Å²) in [6, 6.07) is 0. The second-order valence-corrected chi connectivity index (χ2v) is 17.3. The van der Waals surface area contributed by atoms with Crippen LogP contribution in [0.25, 0.3) is 0 Å². The first-order chi connectivity index (χ1) is 7.54. The first kappa shape index (κ1) is 17.1. The summed E-state index contributed by atoms with van der Waals surface area (Å²) in [6.07, 6.45) is 4.18. The molecular formula is C12H28O2Si3. The molecule has 0 aliphatic heterocycles. The minimum absolute atomic E-state index is 1.71. The highest BCUT2D eigenvalue weighted by Crippen LogP contribution is 2.21. The first-order valence-corrected chi connectivity index (χ1v) is 15.0. The Morgan fingerprint density at radius 2 is 0.941 bits per heavy atom. The Morgan fingerprint density at radius 3 is 1.18 bits per heavy atom. The van der Waals surface area contributed by atoms with Crippen molar-refractivity contribution in [2.24, 2.45) is 0 Å². The average Bonchev–Trinajstić information content (AvgIpc) is 1.96. The fraction of sp³-hybridized carbons (Fsp3) is 0.667. The molecule has 0 saturated heterocycles. The summed E-state index contributed by atoms with van der Waals surface area (Å²) in [6.45, 7) is 17.3. The van der Waals surface area contributed by atoms with Gasteiger partial charge in [-0.1, -0.05) is 23.6 Å². The van der Waals surface area contributed by atoms with Crippen LogP contribution in [0.4, 0.5) is 0 Å². The quantitative estimate of drug-likeness (QED) is 0.676. The maximum atomic E-state index is 6.32. The predicted molar refractivity (Wildman–Crippen MR) is 84.2 cm³/mol. The highest BCUT2D eigenvalue weighted by Gasteiger charge is 2.37. The highest BCUT2D eigenvalue weighted by molar-refractivity contribution is 6.90. The second kappa shape index (κ2) is 6.29. The van der Waals surface area contributed by atoms with Crippen LogP contribution >= 0.6 is 0 Å². The normalized spacial score (nSPS) is 15.1. The summed E-state index contributed by atoms with van der Waals surface area (Å²) in [7, 11) is -5.44. The molecule has 0 radical (unpaired) electrons. The minimum atomic E-state index is -2.03. The Balaban J connectivity index is 4.69. The molecular weight excluding hydrogens is 260 g/mol.